The minimum Gasteiger partial charge on any atom is -0.444 e. The molecule has 4 unspecified atom stereocenters. The Balaban J connectivity index is 1.70. The number of carbonyl (C=O) groups excluding carboxylic acids is 1. The van der Waals surface area contributed by atoms with Gasteiger partial charge in [-0.25, -0.2) is 4.79 Å². The normalized spacial score (nSPS) is 25.0. The predicted octanol–water partition coefficient (Wildman–Crippen LogP) is 5.74. The lowest BCUT2D eigenvalue weighted by atomic mass is 9.94. The van der Waals surface area contributed by atoms with Gasteiger partial charge in [-0.1, -0.05) is 88.4 Å². The number of ether oxygens (including phenoxy) is 1. The van der Waals surface area contributed by atoms with Crippen LogP contribution in [0.15, 0.2) is 60.7 Å². The fourth-order valence-corrected chi connectivity index (χ4v) is 11.0. The lowest BCUT2D eigenvalue weighted by Gasteiger charge is -2.48. The molecule has 4 rings (SSSR count). The van der Waals surface area contributed by atoms with E-state index in [-0.39, 0.29) is 29.3 Å². The first-order valence-corrected chi connectivity index (χ1v) is 14.7. The van der Waals surface area contributed by atoms with Crippen LogP contribution < -0.4 is 10.4 Å². The molecule has 1 heterocycles. The third kappa shape index (κ3) is 4.45. The largest absolute Gasteiger partial charge is 0.444 e. The molecule has 0 N–H and O–H groups in total. The van der Waals surface area contributed by atoms with E-state index in [4.69, 9.17) is 9.16 Å². The number of piperidine rings is 1. The van der Waals surface area contributed by atoms with Crippen LogP contribution in [-0.2, 0) is 9.16 Å². The Kier molecular flexibility index (Phi) is 6.73. The van der Waals surface area contributed by atoms with Crippen LogP contribution in [0.5, 0.6) is 0 Å². The summed E-state index contributed by atoms with van der Waals surface area (Å²) >= 11 is 0. The maximum Gasteiger partial charge on any atom is 0.410 e. The van der Waals surface area contributed by atoms with E-state index in [1.165, 1.54) is 10.4 Å². The van der Waals surface area contributed by atoms with Crippen LogP contribution in [0, 0.1) is 5.92 Å². The van der Waals surface area contributed by atoms with Gasteiger partial charge in [-0.15, -0.1) is 0 Å². The number of fused-ring (bicyclic) bond motifs is 2. The molecule has 0 aromatic heterocycles. The summed E-state index contributed by atoms with van der Waals surface area (Å²) in [5, 5.41) is 2.58. The van der Waals surface area contributed by atoms with Gasteiger partial charge in [0.1, 0.15) is 5.60 Å². The van der Waals surface area contributed by atoms with Gasteiger partial charge in [-0.3, -0.25) is 0 Å². The molecule has 0 spiro atoms. The fourth-order valence-electron chi connectivity index (χ4n) is 6.27. The number of amides is 1. The molecule has 0 radical (unpaired) electrons. The van der Waals surface area contributed by atoms with Gasteiger partial charge in [0, 0.05) is 18.0 Å². The summed E-state index contributed by atoms with van der Waals surface area (Å²) in [5.41, 5.74) is -0.484. The maximum absolute atomic E-state index is 13.1. The molecule has 1 aliphatic heterocycles. The SMILES string of the molecule is CCC1C2CC(CC2O[Si](c2ccccc2)(c2ccccc2)C(C)(C)C)N1C(=O)OC(C)(C)C. The molecule has 34 heavy (non-hydrogen) atoms. The Morgan fingerprint density at radius 1 is 0.912 bits per heavy atom. The monoisotopic (exact) mass is 479 g/mol. The predicted molar refractivity (Wildman–Crippen MR) is 141 cm³/mol. The van der Waals surface area contributed by atoms with Crippen molar-refractivity contribution in [3.63, 3.8) is 0 Å². The van der Waals surface area contributed by atoms with Gasteiger partial charge in [0.2, 0.25) is 0 Å². The van der Waals surface area contributed by atoms with Gasteiger partial charge >= 0.3 is 6.09 Å². The van der Waals surface area contributed by atoms with Gasteiger partial charge in [0.05, 0.1) is 6.10 Å². The zero-order chi connectivity index (χ0) is 24.7. The minimum absolute atomic E-state index is 0.0515. The zero-order valence-corrected chi connectivity index (χ0v) is 22.9. The van der Waals surface area contributed by atoms with Crippen LogP contribution in [0.4, 0.5) is 4.79 Å². The van der Waals surface area contributed by atoms with Crippen LogP contribution in [0.1, 0.15) is 67.7 Å². The molecule has 4 nitrogen and oxygen atoms in total. The van der Waals surface area contributed by atoms with Crippen molar-refractivity contribution in [3.8, 4) is 0 Å². The Morgan fingerprint density at radius 2 is 1.44 bits per heavy atom. The number of carbonyl (C=O) groups is 1. The van der Waals surface area contributed by atoms with Crippen LogP contribution in [0.2, 0.25) is 5.04 Å². The maximum atomic E-state index is 13.1. The number of hydrogen-bond acceptors (Lipinski definition) is 3. The smallest absolute Gasteiger partial charge is 0.410 e. The Morgan fingerprint density at radius 3 is 1.88 bits per heavy atom. The standard InChI is InChI=1S/C29H41NO3Si/c1-8-25-24-19-21(30(25)27(31)32-28(2,3)4)20-26(24)33-34(29(5,6)7,22-15-11-9-12-16-22)23-17-13-10-14-18-23/h9-18,21,24-26H,8,19-20H2,1-7H3. The van der Waals surface area contributed by atoms with Gasteiger partial charge in [0.25, 0.3) is 8.32 Å². The molecule has 2 aromatic rings. The van der Waals surface area contributed by atoms with E-state index >= 15 is 0 Å². The van der Waals surface area contributed by atoms with Gasteiger partial charge in [-0.2, -0.15) is 0 Å². The highest BCUT2D eigenvalue weighted by atomic mass is 28.4. The molecule has 5 heteroatoms. The van der Waals surface area contributed by atoms with Gasteiger partial charge < -0.3 is 14.1 Å². The minimum atomic E-state index is -2.62. The topological polar surface area (TPSA) is 38.8 Å². The van der Waals surface area contributed by atoms with Crippen LogP contribution in [-0.4, -0.2) is 43.1 Å². The summed E-state index contributed by atoms with van der Waals surface area (Å²) in [6.45, 7) is 15.0. The first-order valence-electron chi connectivity index (χ1n) is 12.8. The number of rotatable bonds is 5. The van der Waals surface area contributed by atoms with Crippen LogP contribution in [0.25, 0.3) is 0 Å². The van der Waals surface area contributed by atoms with E-state index in [1.54, 1.807) is 0 Å². The van der Waals surface area contributed by atoms with E-state index in [1.807, 2.05) is 25.7 Å². The van der Waals surface area contributed by atoms with E-state index in [9.17, 15) is 4.79 Å². The van der Waals surface area contributed by atoms with Crippen LogP contribution >= 0.6 is 0 Å². The van der Waals surface area contributed by atoms with E-state index in [0.717, 1.165) is 19.3 Å². The summed E-state index contributed by atoms with van der Waals surface area (Å²) in [5.74, 6) is 0.337. The summed E-state index contributed by atoms with van der Waals surface area (Å²) in [7, 11) is -2.62. The molecule has 2 bridgehead atoms. The lowest BCUT2D eigenvalue weighted by Crippen LogP contribution is -2.68. The second-order valence-corrected chi connectivity index (χ2v) is 16.2. The Hall–Kier alpha value is -2.11. The highest BCUT2D eigenvalue weighted by Gasteiger charge is 2.58. The summed E-state index contributed by atoms with van der Waals surface area (Å²) in [4.78, 5) is 15.1. The average Bonchev–Trinajstić information content (AvgIpc) is 3.34. The second-order valence-electron chi connectivity index (χ2n) is 12.0. The van der Waals surface area contributed by atoms with Crippen molar-refractivity contribution >= 4 is 24.8 Å². The van der Waals surface area contributed by atoms with Gasteiger partial charge in [-0.05, 0) is 55.4 Å². The molecular weight excluding hydrogens is 438 g/mol. The first kappa shape index (κ1) is 25.0. The second kappa shape index (κ2) is 9.16. The van der Waals surface area contributed by atoms with Crippen molar-refractivity contribution in [2.45, 2.75) is 96.6 Å². The van der Waals surface area contributed by atoms with Crippen molar-refractivity contribution in [1.82, 2.24) is 4.90 Å². The lowest BCUT2D eigenvalue weighted by molar-refractivity contribution is -0.00887. The van der Waals surface area contributed by atoms with Crippen molar-refractivity contribution in [2.75, 3.05) is 0 Å². The molecule has 1 saturated carbocycles. The molecule has 1 saturated heterocycles. The van der Waals surface area contributed by atoms with E-state index in [0.29, 0.717) is 5.92 Å². The van der Waals surface area contributed by atoms with E-state index < -0.39 is 13.9 Å². The van der Waals surface area contributed by atoms with E-state index in [2.05, 4.69) is 88.4 Å². The molecule has 1 aliphatic carbocycles. The van der Waals surface area contributed by atoms with Crippen LogP contribution in [0.3, 0.4) is 0 Å². The Labute approximate surface area is 206 Å². The van der Waals surface area contributed by atoms with Crippen molar-refractivity contribution < 1.29 is 14.0 Å². The number of benzene rings is 2. The summed E-state index contributed by atoms with van der Waals surface area (Å²) < 4.78 is 13.3. The summed E-state index contributed by atoms with van der Waals surface area (Å²) in [6, 6.07) is 22.1. The molecule has 2 aromatic carbocycles. The summed E-state index contributed by atoms with van der Waals surface area (Å²) in [6.07, 6.45) is 2.77. The molecule has 4 atom stereocenters. The van der Waals surface area contributed by atoms with Gasteiger partial charge in [0.15, 0.2) is 0 Å². The number of hydrogen-bond donors (Lipinski definition) is 0. The number of nitrogens with zero attached hydrogens (tertiary/aromatic N) is 1. The third-order valence-electron chi connectivity index (χ3n) is 7.54. The third-order valence-corrected chi connectivity index (χ3v) is 12.6. The number of likely N-dealkylation sites (tertiary alicyclic amines) is 1. The Bertz CT molecular complexity index is 940. The average molecular weight is 480 g/mol. The molecular formula is C29H41NO3Si. The molecule has 184 valence electrons. The zero-order valence-electron chi connectivity index (χ0n) is 21.9. The highest BCUT2D eigenvalue weighted by Crippen LogP contribution is 2.48. The molecule has 1 amide bonds. The molecule has 2 aliphatic rings. The quantitative estimate of drug-likeness (QED) is 0.513. The van der Waals surface area contributed by atoms with Crippen molar-refractivity contribution in [2.24, 2.45) is 5.92 Å². The fraction of sp³-hybridized carbons (Fsp3) is 0.552. The molecule has 2 fully saturated rings. The van der Waals surface area contributed by atoms with Crippen molar-refractivity contribution in [3.05, 3.63) is 60.7 Å². The highest BCUT2D eigenvalue weighted by molar-refractivity contribution is 6.99. The van der Waals surface area contributed by atoms with Crippen molar-refractivity contribution in [1.29, 1.82) is 0 Å². The first-order chi connectivity index (χ1) is 16.0.